The molecule has 1 aromatic heterocycles. The summed E-state index contributed by atoms with van der Waals surface area (Å²) in [6.45, 7) is 6.86. The molecule has 2 aromatic rings. The van der Waals surface area contributed by atoms with E-state index in [0.717, 1.165) is 62.5 Å². The Bertz CT molecular complexity index is 951. The van der Waals surface area contributed by atoms with Crippen LogP contribution in [0.3, 0.4) is 0 Å². The summed E-state index contributed by atoms with van der Waals surface area (Å²) in [4.78, 5) is 22.9. The fraction of sp³-hybridized carbons (Fsp3) is 0.440. The number of amides is 1. The lowest BCUT2D eigenvalue weighted by Crippen LogP contribution is -2.48. The molecule has 2 fully saturated rings. The molecule has 0 spiro atoms. The summed E-state index contributed by atoms with van der Waals surface area (Å²) in [5.74, 6) is 0.640. The van der Waals surface area contributed by atoms with Crippen molar-refractivity contribution in [1.82, 2.24) is 9.88 Å². The summed E-state index contributed by atoms with van der Waals surface area (Å²) >= 11 is 0. The van der Waals surface area contributed by atoms with Gasteiger partial charge in [-0.2, -0.15) is 0 Å². The number of nitrogens with one attached hydrogen (secondary N) is 1. The molecule has 0 saturated carbocycles. The monoisotopic (exact) mass is 437 g/mol. The summed E-state index contributed by atoms with van der Waals surface area (Å²) in [7, 11) is 2.08. The predicted octanol–water partition coefficient (Wildman–Crippen LogP) is 3.91. The lowest BCUT2D eigenvalue weighted by molar-refractivity contribution is -0.127. The molecule has 4 rings (SSSR count). The normalized spacial score (nSPS) is 21.2. The number of halogens is 1. The molecule has 2 saturated heterocycles. The van der Waals surface area contributed by atoms with Crippen LogP contribution in [0.1, 0.15) is 25.7 Å². The van der Waals surface area contributed by atoms with E-state index >= 15 is 0 Å². The van der Waals surface area contributed by atoms with Gasteiger partial charge in [0.25, 0.3) is 0 Å². The Morgan fingerprint density at radius 3 is 2.88 bits per heavy atom. The first-order chi connectivity index (χ1) is 15.5. The first-order valence-electron chi connectivity index (χ1n) is 11.4. The minimum Gasteiger partial charge on any atom is -0.370 e. The van der Waals surface area contributed by atoms with E-state index in [-0.39, 0.29) is 23.8 Å². The van der Waals surface area contributed by atoms with Gasteiger partial charge in [-0.05, 0) is 56.0 Å². The van der Waals surface area contributed by atoms with Crippen molar-refractivity contribution < 1.29 is 9.18 Å². The van der Waals surface area contributed by atoms with Crippen molar-refractivity contribution in [3.8, 4) is 0 Å². The van der Waals surface area contributed by atoms with Crippen molar-refractivity contribution >= 4 is 23.1 Å². The number of hydrogen-bond donors (Lipinski definition) is 1. The number of hydrogen-bond acceptors (Lipinski definition) is 5. The molecule has 3 heterocycles. The van der Waals surface area contributed by atoms with E-state index in [1.165, 1.54) is 12.1 Å². The average Bonchev–Trinajstić information content (AvgIpc) is 2.83. The van der Waals surface area contributed by atoms with Crippen molar-refractivity contribution in [2.24, 2.45) is 0 Å². The Morgan fingerprint density at radius 2 is 2.06 bits per heavy atom. The first-order valence-corrected chi connectivity index (χ1v) is 11.4. The van der Waals surface area contributed by atoms with Crippen molar-refractivity contribution in [2.45, 2.75) is 37.8 Å². The first kappa shape index (κ1) is 22.1. The predicted molar refractivity (Wildman–Crippen MR) is 128 cm³/mol. The second-order valence-electron chi connectivity index (χ2n) is 8.70. The zero-order valence-electron chi connectivity index (χ0n) is 18.7. The van der Waals surface area contributed by atoms with Crippen LogP contribution >= 0.6 is 0 Å². The van der Waals surface area contributed by atoms with E-state index in [1.54, 1.807) is 12.1 Å². The Hall–Kier alpha value is -3.09. The largest absolute Gasteiger partial charge is 0.370 e. The summed E-state index contributed by atoms with van der Waals surface area (Å²) in [5, 5.41) is 3.58. The third-order valence-corrected chi connectivity index (χ3v) is 6.53. The van der Waals surface area contributed by atoms with Crippen LogP contribution in [0.15, 0.2) is 55.3 Å². The highest BCUT2D eigenvalue weighted by molar-refractivity contribution is 5.87. The topological polar surface area (TPSA) is 51.7 Å². The standard InChI is InChI=1S/C25H32FN5O/c1-3-25(32)31-14-6-10-23(18-31)29(2)21-11-12-27-24(16-21)28-20-8-5-13-30(17-20)22-9-4-7-19(26)15-22/h3-4,7,9,11-12,15-16,20,23H,1,5-6,8,10,13-14,17-18H2,2H3,(H,27,28)/t20-,23+/m1/s1. The third-order valence-electron chi connectivity index (χ3n) is 6.53. The lowest BCUT2D eigenvalue weighted by atomic mass is 10.0. The molecule has 32 heavy (non-hydrogen) atoms. The molecular weight excluding hydrogens is 405 g/mol. The second kappa shape index (κ2) is 10.0. The van der Waals surface area contributed by atoms with Crippen molar-refractivity contribution in [2.75, 3.05) is 48.3 Å². The summed E-state index contributed by atoms with van der Waals surface area (Å²) in [6.07, 6.45) is 7.36. The van der Waals surface area contributed by atoms with E-state index in [4.69, 9.17) is 0 Å². The maximum absolute atomic E-state index is 13.6. The Morgan fingerprint density at radius 1 is 1.22 bits per heavy atom. The molecule has 2 atom stereocenters. The van der Waals surface area contributed by atoms with Crippen molar-refractivity contribution in [3.05, 3.63) is 61.1 Å². The third kappa shape index (κ3) is 5.21. The Balaban J connectivity index is 1.40. The van der Waals surface area contributed by atoms with Gasteiger partial charge in [0, 0.05) is 68.9 Å². The molecule has 0 radical (unpaired) electrons. The van der Waals surface area contributed by atoms with Crippen LogP contribution < -0.4 is 15.1 Å². The molecule has 2 aliphatic heterocycles. The number of aromatic nitrogens is 1. The van der Waals surface area contributed by atoms with Gasteiger partial charge in [-0.1, -0.05) is 12.6 Å². The van der Waals surface area contributed by atoms with Gasteiger partial charge in [-0.25, -0.2) is 9.37 Å². The van der Waals surface area contributed by atoms with E-state index in [1.807, 2.05) is 23.2 Å². The number of benzene rings is 1. The van der Waals surface area contributed by atoms with Crippen LogP contribution in [0.4, 0.5) is 21.6 Å². The number of piperidine rings is 2. The number of pyridine rings is 1. The molecule has 170 valence electrons. The zero-order valence-corrected chi connectivity index (χ0v) is 18.7. The van der Waals surface area contributed by atoms with Crippen LogP contribution in [0.25, 0.3) is 0 Å². The van der Waals surface area contributed by atoms with Gasteiger partial charge >= 0.3 is 0 Å². The number of anilines is 3. The van der Waals surface area contributed by atoms with Crippen LogP contribution in [0.2, 0.25) is 0 Å². The second-order valence-corrected chi connectivity index (χ2v) is 8.70. The molecule has 6 nitrogen and oxygen atoms in total. The van der Waals surface area contributed by atoms with Crippen LogP contribution in [-0.4, -0.2) is 61.1 Å². The van der Waals surface area contributed by atoms with Crippen molar-refractivity contribution in [3.63, 3.8) is 0 Å². The van der Waals surface area contributed by atoms with Gasteiger partial charge in [0.2, 0.25) is 5.91 Å². The number of likely N-dealkylation sites (N-methyl/N-ethyl adjacent to an activating group) is 1. The molecule has 1 amide bonds. The Labute approximate surface area is 189 Å². The quantitative estimate of drug-likeness (QED) is 0.695. The van der Waals surface area contributed by atoms with E-state index in [2.05, 4.69) is 39.8 Å². The van der Waals surface area contributed by atoms with E-state index in [0.29, 0.717) is 6.54 Å². The highest BCUT2D eigenvalue weighted by atomic mass is 19.1. The van der Waals surface area contributed by atoms with Gasteiger partial charge in [-0.15, -0.1) is 0 Å². The number of likely N-dealkylation sites (tertiary alicyclic amines) is 1. The molecule has 0 unspecified atom stereocenters. The van der Waals surface area contributed by atoms with Crippen molar-refractivity contribution in [1.29, 1.82) is 0 Å². The maximum Gasteiger partial charge on any atom is 0.246 e. The van der Waals surface area contributed by atoms with Gasteiger partial charge < -0.3 is 20.0 Å². The molecule has 0 aliphatic carbocycles. The summed E-state index contributed by atoms with van der Waals surface area (Å²) in [6, 6.07) is 11.4. The highest BCUT2D eigenvalue weighted by Crippen LogP contribution is 2.26. The zero-order chi connectivity index (χ0) is 22.5. The molecule has 2 aliphatic rings. The summed E-state index contributed by atoms with van der Waals surface area (Å²) in [5.41, 5.74) is 2.01. The van der Waals surface area contributed by atoms with Crippen LogP contribution in [-0.2, 0) is 4.79 Å². The fourth-order valence-electron chi connectivity index (χ4n) is 4.74. The van der Waals surface area contributed by atoms with Gasteiger partial charge in [0.15, 0.2) is 0 Å². The Kier molecular flexibility index (Phi) is 6.93. The van der Waals surface area contributed by atoms with E-state index in [9.17, 15) is 9.18 Å². The minimum atomic E-state index is -0.203. The lowest BCUT2D eigenvalue weighted by Gasteiger charge is -2.38. The van der Waals surface area contributed by atoms with Gasteiger partial charge in [-0.3, -0.25) is 4.79 Å². The molecule has 0 bridgehead atoms. The number of rotatable bonds is 6. The van der Waals surface area contributed by atoms with Crippen LogP contribution in [0, 0.1) is 5.82 Å². The minimum absolute atomic E-state index is 0.000309. The smallest absolute Gasteiger partial charge is 0.246 e. The SMILES string of the molecule is C=CC(=O)N1CCC[C@H](N(C)c2ccnc(N[C@@H]3CCCN(c4cccc(F)c4)C3)c2)C1. The molecule has 1 N–H and O–H groups in total. The fourth-order valence-corrected chi connectivity index (χ4v) is 4.74. The molecular formula is C25H32FN5O. The number of carbonyl (C=O) groups excluding carboxylic acids is 1. The highest BCUT2D eigenvalue weighted by Gasteiger charge is 2.26. The number of carbonyl (C=O) groups is 1. The summed E-state index contributed by atoms with van der Waals surface area (Å²) < 4.78 is 13.6. The molecule has 1 aromatic carbocycles. The maximum atomic E-state index is 13.6. The van der Waals surface area contributed by atoms with Crippen LogP contribution in [0.5, 0.6) is 0 Å². The van der Waals surface area contributed by atoms with Gasteiger partial charge in [0.1, 0.15) is 11.6 Å². The van der Waals surface area contributed by atoms with Gasteiger partial charge in [0.05, 0.1) is 0 Å². The average molecular weight is 438 g/mol. The molecule has 7 heteroatoms. The number of nitrogens with zero attached hydrogens (tertiary/aromatic N) is 4. The van der Waals surface area contributed by atoms with E-state index < -0.39 is 0 Å².